The zero-order valence-electron chi connectivity index (χ0n) is 9.91. The summed E-state index contributed by atoms with van der Waals surface area (Å²) in [5.74, 6) is -1.65. The Labute approximate surface area is 111 Å². The van der Waals surface area contributed by atoms with E-state index in [1.54, 1.807) is 30.3 Å². The summed E-state index contributed by atoms with van der Waals surface area (Å²) in [6.45, 7) is 0.0543. The van der Waals surface area contributed by atoms with Crippen LogP contribution in [-0.2, 0) is 21.4 Å². The molecule has 19 heavy (non-hydrogen) atoms. The summed E-state index contributed by atoms with van der Waals surface area (Å²) in [6, 6.07) is 8.31. The van der Waals surface area contributed by atoms with Crippen molar-refractivity contribution in [1.29, 1.82) is 5.26 Å². The molecule has 1 rings (SSSR count). The molecule has 0 unspecified atom stereocenters. The van der Waals surface area contributed by atoms with Crippen molar-refractivity contribution in [1.82, 2.24) is 4.72 Å². The number of carboxylic acids is 1. The van der Waals surface area contributed by atoms with Crippen molar-refractivity contribution >= 4 is 22.1 Å². The predicted octanol–water partition coefficient (Wildman–Crippen LogP) is 0.727. The lowest BCUT2D eigenvalue weighted by molar-refractivity contribution is -0.131. The fourth-order valence-electron chi connectivity index (χ4n) is 1.30. The predicted molar refractivity (Wildman–Crippen MR) is 69.4 cm³/mol. The second-order valence-electron chi connectivity index (χ2n) is 3.65. The van der Waals surface area contributed by atoms with Crippen LogP contribution in [0.3, 0.4) is 0 Å². The molecule has 0 atom stereocenters. The summed E-state index contributed by atoms with van der Waals surface area (Å²) >= 11 is 0. The molecule has 0 aliphatic rings. The smallest absolute Gasteiger partial charge is 0.328 e. The molecule has 0 saturated carbocycles. The lowest BCUT2D eigenvalue weighted by Crippen LogP contribution is -2.25. The normalized spacial score (nSPS) is 11.3. The van der Waals surface area contributed by atoms with Crippen LogP contribution < -0.4 is 4.72 Å². The van der Waals surface area contributed by atoms with E-state index < -0.39 is 21.7 Å². The van der Waals surface area contributed by atoms with Gasteiger partial charge in [-0.1, -0.05) is 24.3 Å². The summed E-state index contributed by atoms with van der Waals surface area (Å²) in [5, 5.41) is 16.8. The van der Waals surface area contributed by atoms with Crippen LogP contribution in [0.4, 0.5) is 0 Å². The van der Waals surface area contributed by atoms with E-state index in [1.165, 1.54) is 6.08 Å². The maximum atomic E-state index is 11.3. The van der Waals surface area contributed by atoms with E-state index in [0.29, 0.717) is 11.1 Å². The molecule has 6 nitrogen and oxygen atoms in total. The Morgan fingerprint density at radius 1 is 1.47 bits per heavy atom. The van der Waals surface area contributed by atoms with Gasteiger partial charge >= 0.3 is 5.97 Å². The quantitative estimate of drug-likeness (QED) is 0.747. The van der Waals surface area contributed by atoms with Crippen molar-refractivity contribution in [2.45, 2.75) is 6.54 Å². The van der Waals surface area contributed by atoms with Crippen LogP contribution >= 0.6 is 0 Å². The van der Waals surface area contributed by atoms with Gasteiger partial charge in [0.05, 0.1) is 6.07 Å². The van der Waals surface area contributed by atoms with Crippen molar-refractivity contribution in [2.24, 2.45) is 0 Å². The topological polar surface area (TPSA) is 107 Å². The van der Waals surface area contributed by atoms with Crippen LogP contribution in [0.15, 0.2) is 30.3 Å². The molecule has 0 aliphatic carbocycles. The molecule has 0 fully saturated rings. The lowest BCUT2D eigenvalue weighted by atomic mass is 10.1. The van der Waals surface area contributed by atoms with E-state index in [-0.39, 0.29) is 6.54 Å². The van der Waals surface area contributed by atoms with Crippen LogP contribution in [0.2, 0.25) is 0 Å². The second kappa shape index (κ2) is 6.68. The molecule has 1 aromatic rings. The Morgan fingerprint density at radius 2 is 2.21 bits per heavy atom. The molecule has 0 aromatic heterocycles. The van der Waals surface area contributed by atoms with Gasteiger partial charge in [0.2, 0.25) is 10.0 Å². The summed E-state index contributed by atoms with van der Waals surface area (Å²) in [4.78, 5) is 10.4. The first-order valence-corrected chi connectivity index (χ1v) is 6.92. The highest BCUT2D eigenvalue weighted by atomic mass is 32.2. The molecule has 0 bridgehead atoms. The Kier molecular flexibility index (Phi) is 5.23. The van der Waals surface area contributed by atoms with Gasteiger partial charge in [-0.3, -0.25) is 0 Å². The van der Waals surface area contributed by atoms with Crippen LogP contribution in [0.25, 0.3) is 6.08 Å². The van der Waals surface area contributed by atoms with Crippen molar-refractivity contribution in [3.05, 3.63) is 41.5 Å². The number of hydrogen-bond acceptors (Lipinski definition) is 4. The molecule has 0 spiro atoms. The Bertz CT molecular complexity index is 629. The molecule has 7 heteroatoms. The molecular weight excluding hydrogens is 268 g/mol. The summed E-state index contributed by atoms with van der Waals surface area (Å²) in [5.41, 5.74) is 1.33. The summed E-state index contributed by atoms with van der Waals surface area (Å²) in [6.07, 6.45) is 2.41. The van der Waals surface area contributed by atoms with Crippen molar-refractivity contribution in [3.63, 3.8) is 0 Å². The summed E-state index contributed by atoms with van der Waals surface area (Å²) in [7, 11) is -3.59. The number of benzene rings is 1. The number of nitrogens with one attached hydrogen (secondary N) is 1. The van der Waals surface area contributed by atoms with Gasteiger partial charge in [-0.15, -0.1) is 0 Å². The van der Waals surface area contributed by atoms with Gasteiger partial charge in [-0.2, -0.15) is 5.26 Å². The number of carbonyl (C=O) groups is 1. The van der Waals surface area contributed by atoms with E-state index in [0.717, 1.165) is 6.08 Å². The molecule has 0 saturated heterocycles. The van der Waals surface area contributed by atoms with Gasteiger partial charge < -0.3 is 5.11 Å². The first kappa shape index (κ1) is 14.9. The monoisotopic (exact) mass is 280 g/mol. The van der Waals surface area contributed by atoms with Crippen molar-refractivity contribution in [2.75, 3.05) is 5.75 Å². The average molecular weight is 280 g/mol. The van der Waals surface area contributed by atoms with Gasteiger partial charge in [0.15, 0.2) is 5.75 Å². The van der Waals surface area contributed by atoms with E-state index in [1.807, 2.05) is 0 Å². The molecular formula is C12H12N2O4S. The number of hydrogen-bond donors (Lipinski definition) is 2. The Balaban J connectivity index is 2.73. The SMILES string of the molecule is N#CCS(=O)(=O)NCc1cccc(C=CC(=O)O)c1. The maximum absolute atomic E-state index is 11.3. The maximum Gasteiger partial charge on any atom is 0.328 e. The highest BCUT2D eigenvalue weighted by Gasteiger charge is 2.08. The fraction of sp³-hybridized carbons (Fsp3) is 0.167. The van der Waals surface area contributed by atoms with Crippen molar-refractivity contribution < 1.29 is 18.3 Å². The van der Waals surface area contributed by atoms with E-state index in [9.17, 15) is 13.2 Å². The molecule has 2 N–H and O–H groups in total. The van der Waals surface area contributed by atoms with E-state index in [4.69, 9.17) is 10.4 Å². The van der Waals surface area contributed by atoms with Gasteiger partial charge in [0, 0.05) is 12.6 Å². The number of carboxylic acid groups (broad SMARTS) is 1. The second-order valence-corrected chi connectivity index (χ2v) is 5.46. The summed E-state index contributed by atoms with van der Waals surface area (Å²) < 4.78 is 24.8. The number of sulfonamides is 1. The van der Waals surface area contributed by atoms with Crippen LogP contribution in [0.1, 0.15) is 11.1 Å². The zero-order chi connectivity index (χ0) is 14.3. The molecule has 0 amide bonds. The Morgan fingerprint density at radius 3 is 2.84 bits per heavy atom. The number of rotatable bonds is 6. The van der Waals surface area contributed by atoms with Crippen LogP contribution in [-0.4, -0.2) is 25.2 Å². The zero-order valence-corrected chi connectivity index (χ0v) is 10.7. The highest BCUT2D eigenvalue weighted by molar-refractivity contribution is 7.89. The first-order chi connectivity index (χ1) is 8.93. The average Bonchev–Trinajstić information content (AvgIpc) is 2.35. The minimum atomic E-state index is -3.59. The molecule has 0 aliphatic heterocycles. The van der Waals surface area contributed by atoms with Crippen LogP contribution in [0.5, 0.6) is 0 Å². The molecule has 0 heterocycles. The number of nitrogens with zero attached hydrogens (tertiary/aromatic N) is 1. The molecule has 100 valence electrons. The third kappa shape index (κ3) is 5.81. The van der Waals surface area contributed by atoms with Crippen molar-refractivity contribution in [3.8, 4) is 6.07 Å². The van der Waals surface area contributed by atoms with Gasteiger partial charge in [0.1, 0.15) is 0 Å². The molecule has 1 aromatic carbocycles. The highest BCUT2D eigenvalue weighted by Crippen LogP contribution is 2.07. The Hall–Kier alpha value is -2.17. The number of nitriles is 1. The van der Waals surface area contributed by atoms with Gasteiger partial charge in [-0.05, 0) is 17.2 Å². The van der Waals surface area contributed by atoms with Gasteiger partial charge in [-0.25, -0.2) is 17.9 Å². The minimum absolute atomic E-state index is 0.0543. The van der Waals surface area contributed by atoms with E-state index >= 15 is 0 Å². The largest absolute Gasteiger partial charge is 0.478 e. The third-order valence-electron chi connectivity index (χ3n) is 2.12. The standard InChI is InChI=1S/C12H12N2O4S/c13-6-7-19(17,18)14-9-11-3-1-2-10(8-11)4-5-12(15)16/h1-5,8,14H,7,9H2,(H,15,16). The first-order valence-electron chi connectivity index (χ1n) is 5.27. The third-order valence-corrected chi connectivity index (χ3v) is 3.21. The minimum Gasteiger partial charge on any atom is -0.478 e. The molecule has 0 radical (unpaired) electrons. The number of aliphatic carboxylic acids is 1. The fourth-order valence-corrected chi connectivity index (χ4v) is 1.96. The lowest BCUT2D eigenvalue weighted by Gasteiger charge is -2.04. The van der Waals surface area contributed by atoms with E-state index in [2.05, 4.69) is 4.72 Å². The van der Waals surface area contributed by atoms with Crippen LogP contribution in [0, 0.1) is 11.3 Å². The van der Waals surface area contributed by atoms with Gasteiger partial charge in [0.25, 0.3) is 0 Å².